The molecule has 1 amide bonds. The van der Waals surface area contributed by atoms with E-state index in [1.807, 2.05) is 30.3 Å². The Kier molecular flexibility index (Phi) is 6.85. The molecule has 124 valence electrons. The molecule has 4 heteroatoms. The molecule has 1 aromatic rings. The Labute approximate surface area is 137 Å². The van der Waals surface area contributed by atoms with E-state index in [0.717, 1.165) is 24.8 Å². The van der Waals surface area contributed by atoms with Gasteiger partial charge in [0.25, 0.3) is 0 Å². The second-order valence-corrected chi connectivity index (χ2v) is 6.17. The van der Waals surface area contributed by atoms with E-state index in [4.69, 9.17) is 5.11 Å². The Morgan fingerprint density at radius 2 is 1.96 bits per heavy atom. The molecular formula is C19H25NO3. The Bertz CT molecular complexity index is 551. The summed E-state index contributed by atoms with van der Waals surface area (Å²) in [4.78, 5) is 23.1. The third-order valence-corrected chi connectivity index (χ3v) is 4.17. The molecule has 1 aliphatic rings. The van der Waals surface area contributed by atoms with Gasteiger partial charge in [0.15, 0.2) is 0 Å². The highest BCUT2D eigenvalue weighted by Gasteiger charge is 2.16. The van der Waals surface area contributed by atoms with Crippen LogP contribution in [0.1, 0.15) is 50.5 Å². The Hall–Kier alpha value is -2.10. The topological polar surface area (TPSA) is 66.4 Å². The van der Waals surface area contributed by atoms with Crippen LogP contribution < -0.4 is 5.32 Å². The Morgan fingerprint density at radius 3 is 2.61 bits per heavy atom. The van der Waals surface area contributed by atoms with Crippen LogP contribution in [0.5, 0.6) is 0 Å². The number of carbonyl (C=O) groups is 2. The summed E-state index contributed by atoms with van der Waals surface area (Å²) in [6.45, 7) is 0. The maximum Gasteiger partial charge on any atom is 0.303 e. The van der Waals surface area contributed by atoms with Crippen molar-refractivity contribution in [2.75, 3.05) is 0 Å². The quantitative estimate of drug-likeness (QED) is 0.722. The summed E-state index contributed by atoms with van der Waals surface area (Å²) in [6, 6.07) is 9.73. The highest BCUT2D eigenvalue weighted by molar-refractivity contribution is 5.79. The molecule has 0 aliphatic heterocycles. The fourth-order valence-electron chi connectivity index (χ4n) is 2.97. The van der Waals surface area contributed by atoms with Crippen molar-refractivity contribution in [1.29, 1.82) is 0 Å². The van der Waals surface area contributed by atoms with E-state index in [9.17, 15) is 9.59 Å². The molecule has 23 heavy (non-hydrogen) atoms. The number of nitrogens with one attached hydrogen (secondary N) is 1. The summed E-state index contributed by atoms with van der Waals surface area (Å²) in [5.41, 5.74) is 2.32. The molecule has 0 radical (unpaired) electrons. The monoisotopic (exact) mass is 315 g/mol. The number of carboxylic acids is 1. The summed E-state index contributed by atoms with van der Waals surface area (Å²) in [7, 11) is 0. The van der Waals surface area contributed by atoms with Crippen molar-refractivity contribution < 1.29 is 14.7 Å². The lowest BCUT2D eigenvalue weighted by Gasteiger charge is -2.19. The van der Waals surface area contributed by atoms with E-state index < -0.39 is 5.97 Å². The van der Waals surface area contributed by atoms with Crippen molar-refractivity contribution in [2.45, 2.75) is 57.4 Å². The zero-order chi connectivity index (χ0) is 16.5. The second-order valence-electron chi connectivity index (χ2n) is 6.17. The van der Waals surface area contributed by atoms with Gasteiger partial charge in [0.1, 0.15) is 0 Å². The van der Waals surface area contributed by atoms with E-state index in [0.29, 0.717) is 19.3 Å². The molecule has 2 N–H and O–H groups in total. The number of aliphatic carboxylic acids is 1. The number of hydrogen-bond acceptors (Lipinski definition) is 2. The number of allylic oxidation sites excluding steroid dienone is 1. The van der Waals surface area contributed by atoms with Crippen molar-refractivity contribution in [3.05, 3.63) is 47.5 Å². The van der Waals surface area contributed by atoms with Crippen LogP contribution in [0.4, 0.5) is 0 Å². The molecule has 0 heterocycles. The first kappa shape index (κ1) is 17.3. The minimum absolute atomic E-state index is 0.00414. The van der Waals surface area contributed by atoms with Gasteiger partial charge in [-0.15, -0.1) is 0 Å². The summed E-state index contributed by atoms with van der Waals surface area (Å²) in [5.74, 6) is -0.822. The third-order valence-electron chi connectivity index (χ3n) is 4.17. The maximum atomic E-state index is 12.3. The van der Waals surface area contributed by atoms with Crippen molar-refractivity contribution in [3.63, 3.8) is 0 Å². The second kappa shape index (κ2) is 9.13. The minimum atomic E-state index is -0.827. The predicted molar refractivity (Wildman–Crippen MR) is 90.1 cm³/mol. The van der Waals surface area contributed by atoms with Gasteiger partial charge in [-0.3, -0.25) is 9.59 Å². The first-order chi connectivity index (χ1) is 11.1. The van der Waals surface area contributed by atoms with Gasteiger partial charge in [0.2, 0.25) is 5.91 Å². The minimum Gasteiger partial charge on any atom is -0.481 e. The van der Waals surface area contributed by atoms with Gasteiger partial charge in [0.05, 0.1) is 0 Å². The van der Waals surface area contributed by atoms with Crippen molar-refractivity contribution >= 4 is 11.9 Å². The molecule has 0 aromatic heterocycles. The third kappa shape index (κ3) is 6.68. The SMILES string of the molecule is O=C(O)CCC(Cc1ccccc1)NC(=O)CC1=CCCCC1. The standard InChI is InChI=1S/C19H25NO3/c21-18(14-16-9-5-2-6-10-16)20-17(11-12-19(22)23)13-15-7-3-1-4-8-15/h1,3-4,7-9,17H,2,5-6,10-14H2,(H,20,21)(H,22,23). The molecule has 2 rings (SSSR count). The van der Waals surface area contributed by atoms with Crippen LogP contribution in [-0.4, -0.2) is 23.0 Å². The number of carboxylic acid groups (broad SMARTS) is 1. The number of amides is 1. The van der Waals surface area contributed by atoms with Gasteiger partial charge in [-0.25, -0.2) is 0 Å². The van der Waals surface area contributed by atoms with Crippen LogP contribution in [0.3, 0.4) is 0 Å². The van der Waals surface area contributed by atoms with Crippen LogP contribution >= 0.6 is 0 Å². The van der Waals surface area contributed by atoms with E-state index in [1.165, 1.54) is 12.0 Å². The Balaban J connectivity index is 1.91. The highest BCUT2D eigenvalue weighted by atomic mass is 16.4. The van der Waals surface area contributed by atoms with Crippen molar-refractivity contribution in [2.24, 2.45) is 0 Å². The zero-order valence-corrected chi connectivity index (χ0v) is 13.5. The van der Waals surface area contributed by atoms with Gasteiger partial charge >= 0.3 is 5.97 Å². The largest absolute Gasteiger partial charge is 0.481 e. The van der Waals surface area contributed by atoms with Gasteiger partial charge in [-0.05, 0) is 44.1 Å². The fraction of sp³-hybridized carbons (Fsp3) is 0.474. The summed E-state index contributed by atoms with van der Waals surface area (Å²) < 4.78 is 0. The van der Waals surface area contributed by atoms with Crippen LogP contribution in [0, 0.1) is 0 Å². The molecule has 0 bridgehead atoms. The van der Waals surface area contributed by atoms with E-state index in [2.05, 4.69) is 11.4 Å². The molecule has 1 aromatic carbocycles. The van der Waals surface area contributed by atoms with E-state index in [1.54, 1.807) is 0 Å². The fourth-order valence-corrected chi connectivity index (χ4v) is 2.97. The summed E-state index contributed by atoms with van der Waals surface area (Å²) in [6.07, 6.45) is 8.24. The van der Waals surface area contributed by atoms with Crippen molar-refractivity contribution in [1.82, 2.24) is 5.32 Å². The van der Waals surface area contributed by atoms with Gasteiger partial charge in [0, 0.05) is 18.9 Å². The van der Waals surface area contributed by atoms with Crippen LogP contribution in [0.2, 0.25) is 0 Å². The van der Waals surface area contributed by atoms with Crippen LogP contribution in [0.15, 0.2) is 42.0 Å². The molecule has 4 nitrogen and oxygen atoms in total. The van der Waals surface area contributed by atoms with Gasteiger partial charge in [-0.1, -0.05) is 42.0 Å². The average Bonchev–Trinajstić information content (AvgIpc) is 2.54. The molecule has 0 fully saturated rings. The van der Waals surface area contributed by atoms with Crippen LogP contribution in [-0.2, 0) is 16.0 Å². The lowest BCUT2D eigenvalue weighted by atomic mass is 9.96. The van der Waals surface area contributed by atoms with E-state index in [-0.39, 0.29) is 18.4 Å². The molecule has 0 spiro atoms. The average molecular weight is 315 g/mol. The Morgan fingerprint density at radius 1 is 1.17 bits per heavy atom. The molecular weight excluding hydrogens is 290 g/mol. The summed E-state index contributed by atoms with van der Waals surface area (Å²) >= 11 is 0. The first-order valence-electron chi connectivity index (χ1n) is 8.36. The van der Waals surface area contributed by atoms with Crippen LogP contribution in [0.25, 0.3) is 0 Å². The highest BCUT2D eigenvalue weighted by Crippen LogP contribution is 2.20. The first-order valence-corrected chi connectivity index (χ1v) is 8.36. The zero-order valence-electron chi connectivity index (χ0n) is 13.5. The lowest BCUT2D eigenvalue weighted by Crippen LogP contribution is -2.37. The molecule has 1 atom stereocenters. The van der Waals surface area contributed by atoms with Gasteiger partial charge in [-0.2, -0.15) is 0 Å². The molecule has 0 saturated carbocycles. The smallest absolute Gasteiger partial charge is 0.303 e. The van der Waals surface area contributed by atoms with Gasteiger partial charge < -0.3 is 10.4 Å². The van der Waals surface area contributed by atoms with Crippen molar-refractivity contribution in [3.8, 4) is 0 Å². The molecule has 1 unspecified atom stereocenters. The number of carbonyl (C=O) groups excluding carboxylic acids is 1. The maximum absolute atomic E-state index is 12.3. The number of rotatable bonds is 8. The molecule has 0 saturated heterocycles. The van der Waals surface area contributed by atoms with E-state index >= 15 is 0 Å². The molecule has 1 aliphatic carbocycles. The normalized spacial score (nSPS) is 15.6. The summed E-state index contributed by atoms with van der Waals surface area (Å²) in [5, 5.41) is 11.9. The predicted octanol–water partition coefficient (Wildman–Crippen LogP) is 3.47. The number of hydrogen-bond donors (Lipinski definition) is 2. The number of benzene rings is 1. The lowest BCUT2D eigenvalue weighted by molar-refractivity contribution is -0.137.